The summed E-state index contributed by atoms with van der Waals surface area (Å²) in [5, 5.41) is 0. The average Bonchev–Trinajstić information content (AvgIpc) is 3.44. The maximum absolute atomic E-state index is 12.7. The van der Waals surface area contributed by atoms with Crippen molar-refractivity contribution < 1.29 is 37.6 Å². The lowest BCUT2D eigenvalue weighted by Crippen LogP contribution is -2.29. The maximum atomic E-state index is 12.7. The Bertz CT molecular complexity index is 1660. The molecule has 0 aliphatic carbocycles. The predicted octanol–water partition coefficient (Wildman–Crippen LogP) is 21.0. The molecule has 2 atom stereocenters. The Hall–Kier alpha value is -3.33. The molecule has 9 nitrogen and oxygen atoms in total. The van der Waals surface area contributed by atoms with Gasteiger partial charge < -0.3 is 20.1 Å². The molecule has 3 N–H and O–H groups in total. The Kier molecular flexibility index (Phi) is 61.2. The van der Waals surface area contributed by atoms with Gasteiger partial charge in [-0.05, 0) is 103 Å². The first kappa shape index (κ1) is 75.7. The monoisotopic (exact) mass is 1120 g/mol. The topological polar surface area (TPSA) is 134 Å². The maximum Gasteiger partial charge on any atom is 0.472 e. The molecule has 0 aromatic heterocycles. The Morgan fingerprint density at radius 3 is 1.06 bits per heavy atom. The largest absolute Gasteiger partial charge is 0.472 e. The molecule has 0 aromatic rings. The third-order valence-corrected chi connectivity index (χ3v) is 14.6. The van der Waals surface area contributed by atoms with Crippen molar-refractivity contribution in [3.63, 3.8) is 0 Å². The van der Waals surface area contributed by atoms with Crippen molar-refractivity contribution in [1.29, 1.82) is 0 Å². The lowest BCUT2D eigenvalue weighted by atomic mass is 10.0. The van der Waals surface area contributed by atoms with Crippen LogP contribution < -0.4 is 5.73 Å². The number of carbonyl (C=O) groups is 2. The van der Waals surface area contributed by atoms with Crippen LogP contribution in [0.3, 0.4) is 0 Å². The standard InChI is InChI=1S/C69H120NO8P/c1-3-5-7-9-11-13-15-17-19-21-23-25-26-27-28-29-30-31-32-33-34-35-36-37-38-39-40-42-43-45-47-49-51-53-55-57-59-61-68(71)75-65-67(66-77-79(73,74)76-64-63-70)78-69(72)62-60-58-56-54-52-50-48-46-44-41-24-22-20-18-16-14-12-10-8-6-4-2/h6,8,12,14-15,17-18,20-21,23-24,26-27,41,46,48,52,54,67H,3-5,7,9-11,13,16,19,22,25,28-40,42-45,47,49-51,53,55-66,70H2,1-2H3,(H,73,74)/b8-6-,14-12-,17-15-,20-18-,23-21-,27-26-,41-24-,48-46-,54-52-. The molecular formula is C69H120NO8P. The summed E-state index contributed by atoms with van der Waals surface area (Å²) in [5.41, 5.74) is 5.38. The van der Waals surface area contributed by atoms with Crippen LogP contribution in [0, 0.1) is 0 Å². The SMILES string of the molecule is CC/C=C\C/C=C\C/C=C\C/C=C\C/C=C\C/C=C\CCCCC(=O)OC(COC(=O)CCCCCCCCCCCCCCCCCCCCCCCC/C=C\C/C=C\C/C=C\CCCCCCC)COP(=O)(O)OCCN. The molecule has 0 aromatic carbocycles. The molecular weight excluding hydrogens is 1000 g/mol. The number of nitrogens with two attached hydrogens (primary N) is 1. The van der Waals surface area contributed by atoms with Crippen molar-refractivity contribution in [2.75, 3.05) is 26.4 Å². The van der Waals surface area contributed by atoms with Gasteiger partial charge in [-0.15, -0.1) is 0 Å². The lowest BCUT2D eigenvalue weighted by molar-refractivity contribution is -0.161. The normalized spacial score (nSPS) is 13.7. The van der Waals surface area contributed by atoms with E-state index in [2.05, 4.69) is 123 Å². The zero-order valence-corrected chi connectivity index (χ0v) is 51.7. The third-order valence-electron chi connectivity index (χ3n) is 13.6. The van der Waals surface area contributed by atoms with E-state index in [-0.39, 0.29) is 32.6 Å². The van der Waals surface area contributed by atoms with E-state index in [1.54, 1.807) is 0 Å². The van der Waals surface area contributed by atoms with Gasteiger partial charge in [-0.3, -0.25) is 18.6 Å². The molecule has 0 spiro atoms. The van der Waals surface area contributed by atoms with Gasteiger partial charge in [0, 0.05) is 19.4 Å². The van der Waals surface area contributed by atoms with Crippen molar-refractivity contribution in [2.24, 2.45) is 5.73 Å². The summed E-state index contributed by atoms with van der Waals surface area (Å²) >= 11 is 0. The zero-order valence-electron chi connectivity index (χ0n) is 50.8. The molecule has 10 heteroatoms. The summed E-state index contributed by atoms with van der Waals surface area (Å²) in [6, 6.07) is 0. The Labute approximate surface area is 486 Å². The van der Waals surface area contributed by atoms with Gasteiger partial charge >= 0.3 is 19.8 Å². The number of allylic oxidation sites excluding steroid dienone is 18. The van der Waals surface area contributed by atoms with E-state index in [4.69, 9.17) is 24.3 Å². The molecule has 2 unspecified atom stereocenters. The van der Waals surface area contributed by atoms with Gasteiger partial charge in [-0.1, -0.05) is 277 Å². The number of phosphoric acid groups is 1. The number of carbonyl (C=O) groups excluding carboxylic acids is 2. The van der Waals surface area contributed by atoms with Crippen LogP contribution >= 0.6 is 7.82 Å². The van der Waals surface area contributed by atoms with Crippen molar-refractivity contribution in [1.82, 2.24) is 0 Å². The van der Waals surface area contributed by atoms with Gasteiger partial charge in [0.05, 0.1) is 13.2 Å². The molecule has 0 amide bonds. The molecule has 0 fully saturated rings. The highest BCUT2D eigenvalue weighted by Crippen LogP contribution is 2.43. The number of hydrogen-bond acceptors (Lipinski definition) is 8. The molecule has 0 heterocycles. The van der Waals surface area contributed by atoms with E-state index < -0.39 is 32.5 Å². The zero-order chi connectivity index (χ0) is 57.3. The van der Waals surface area contributed by atoms with Crippen LogP contribution in [0.1, 0.15) is 284 Å². The molecule has 0 bridgehead atoms. The minimum Gasteiger partial charge on any atom is -0.462 e. The summed E-state index contributed by atoms with van der Waals surface area (Å²) < 4.78 is 33.0. The molecule has 0 radical (unpaired) electrons. The van der Waals surface area contributed by atoms with Crippen molar-refractivity contribution in [3.05, 3.63) is 109 Å². The van der Waals surface area contributed by atoms with E-state index in [0.717, 1.165) is 83.5 Å². The molecule has 0 aliphatic heterocycles. The van der Waals surface area contributed by atoms with Gasteiger partial charge in [0.25, 0.3) is 0 Å². The number of unbranched alkanes of at least 4 members (excludes halogenated alkanes) is 29. The second kappa shape index (κ2) is 63.8. The van der Waals surface area contributed by atoms with Crippen LogP contribution in [-0.2, 0) is 32.7 Å². The van der Waals surface area contributed by atoms with Crippen LogP contribution in [0.5, 0.6) is 0 Å². The summed E-state index contributed by atoms with van der Waals surface area (Å²) in [6.07, 6.45) is 87.5. The summed E-state index contributed by atoms with van der Waals surface area (Å²) in [4.78, 5) is 35.2. The smallest absolute Gasteiger partial charge is 0.462 e. The molecule has 0 saturated carbocycles. The highest BCUT2D eigenvalue weighted by atomic mass is 31.2. The Morgan fingerprint density at radius 1 is 0.392 bits per heavy atom. The second-order valence-corrected chi connectivity index (χ2v) is 22.7. The summed E-state index contributed by atoms with van der Waals surface area (Å²) in [6.45, 7) is 3.58. The van der Waals surface area contributed by atoms with E-state index in [1.807, 2.05) is 0 Å². The molecule has 0 saturated heterocycles. The molecule has 454 valence electrons. The number of phosphoric ester groups is 1. The van der Waals surface area contributed by atoms with Crippen molar-refractivity contribution >= 4 is 19.8 Å². The van der Waals surface area contributed by atoms with E-state index >= 15 is 0 Å². The minimum atomic E-state index is -4.41. The van der Waals surface area contributed by atoms with E-state index in [9.17, 15) is 19.0 Å². The van der Waals surface area contributed by atoms with Gasteiger partial charge in [-0.2, -0.15) is 0 Å². The van der Waals surface area contributed by atoms with E-state index in [0.29, 0.717) is 6.42 Å². The Balaban J connectivity index is 3.89. The first-order valence-electron chi connectivity index (χ1n) is 32.4. The number of rotatable bonds is 60. The minimum absolute atomic E-state index is 0.0419. The predicted molar refractivity (Wildman–Crippen MR) is 339 cm³/mol. The fourth-order valence-electron chi connectivity index (χ4n) is 8.88. The van der Waals surface area contributed by atoms with Crippen molar-refractivity contribution in [3.8, 4) is 0 Å². The molecule has 79 heavy (non-hydrogen) atoms. The van der Waals surface area contributed by atoms with Crippen LogP contribution in [0.2, 0.25) is 0 Å². The molecule has 0 aliphatic rings. The van der Waals surface area contributed by atoms with E-state index in [1.165, 1.54) is 167 Å². The highest BCUT2D eigenvalue weighted by molar-refractivity contribution is 7.47. The molecule has 0 rings (SSSR count). The summed E-state index contributed by atoms with van der Waals surface area (Å²) in [7, 11) is -4.41. The number of ether oxygens (including phenoxy) is 2. The van der Waals surface area contributed by atoms with Crippen LogP contribution in [0.25, 0.3) is 0 Å². The van der Waals surface area contributed by atoms with Gasteiger partial charge in [-0.25, -0.2) is 4.57 Å². The lowest BCUT2D eigenvalue weighted by Gasteiger charge is -2.19. The van der Waals surface area contributed by atoms with Crippen LogP contribution in [-0.4, -0.2) is 49.3 Å². The third kappa shape index (κ3) is 63.7. The average molecular weight is 1120 g/mol. The fraction of sp³-hybridized carbons (Fsp3) is 0.710. The highest BCUT2D eigenvalue weighted by Gasteiger charge is 2.26. The first-order valence-corrected chi connectivity index (χ1v) is 33.9. The van der Waals surface area contributed by atoms with Gasteiger partial charge in [0.15, 0.2) is 6.10 Å². The quantitative estimate of drug-likeness (QED) is 0.0264. The van der Waals surface area contributed by atoms with Crippen LogP contribution in [0.4, 0.5) is 0 Å². The van der Waals surface area contributed by atoms with Crippen molar-refractivity contribution in [2.45, 2.75) is 290 Å². The number of esters is 2. The summed E-state index contributed by atoms with van der Waals surface area (Å²) in [5.74, 6) is -0.876. The fourth-order valence-corrected chi connectivity index (χ4v) is 9.65. The van der Waals surface area contributed by atoms with Gasteiger partial charge in [0.2, 0.25) is 0 Å². The first-order chi connectivity index (χ1) is 38.8. The Morgan fingerprint density at radius 2 is 0.696 bits per heavy atom. The second-order valence-electron chi connectivity index (χ2n) is 21.2. The van der Waals surface area contributed by atoms with Gasteiger partial charge in [0.1, 0.15) is 6.61 Å². The van der Waals surface area contributed by atoms with Crippen LogP contribution in [0.15, 0.2) is 109 Å². The number of hydrogen-bond donors (Lipinski definition) is 2.